The zero-order valence-electron chi connectivity index (χ0n) is 16.1. The lowest BCUT2D eigenvalue weighted by Gasteiger charge is -2.31. The molecule has 1 saturated carbocycles. The molecule has 3 aromatic rings. The molecule has 1 saturated heterocycles. The molecule has 6 nitrogen and oxygen atoms in total. The van der Waals surface area contributed by atoms with Gasteiger partial charge in [0.15, 0.2) is 0 Å². The highest BCUT2D eigenvalue weighted by molar-refractivity contribution is 7.17. The minimum absolute atomic E-state index is 0.208. The Morgan fingerprint density at radius 2 is 1.90 bits per heavy atom. The molecule has 30 heavy (non-hydrogen) atoms. The fourth-order valence-electron chi connectivity index (χ4n) is 3.59. The summed E-state index contributed by atoms with van der Waals surface area (Å²) >= 11 is 1.55. The Hall–Kier alpha value is -2.59. The van der Waals surface area contributed by atoms with Gasteiger partial charge in [-0.05, 0) is 42.5 Å². The molecule has 0 radical (unpaired) electrons. The maximum Gasteiger partial charge on any atom is 0.418 e. The van der Waals surface area contributed by atoms with Crippen LogP contribution in [0.5, 0.6) is 0 Å². The van der Waals surface area contributed by atoms with Crippen LogP contribution in [0.4, 0.5) is 36.3 Å². The van der Waals surface area contributed by atoms with Crippen LogP contribution in [-0.2, 0) is 6.18 Å². The number of nitrogens with zero attached hydrogens (tertiary/aromatic N) is 3. The number of hydrogen-bond acceptors (Lipinski definition) is 7. The predicted octanol–water partition coefficient (Wildman–Crippen LogP) is 4.44. The third-order valence-corrected chi connectivity index (χ3v) is 6.15. The molecule has 1 aliphatic heterocycles. The van der Waals surface area contributed by atoms with Crippen LogP contribution in [0.15, 0.2) is 29.6 Å². The summed E-state index contributed by atoms with van der Waals surface area (Å²) in [6.07, 6.45) is -2.25. The third kappa shape index (κ3) is 4.01. The van der Waals surface area contributed by atoms with Gasteiger partial charge in [0.1, 0.15) is 5.82 Å². The zero-order valence-corrected chi connectivity index (χ0v) is 16.9. The number of anilines is 4. The molecule has 10 heteroatoms. The number of halogens is 3. The van der Waals surface area contributed by atoms with E-state index < -0.39 is 11.7 Å². The lowest BCUT2D eigenvalue weighted by Crippen LogP contribution is -2.44. The van der Waals surface area contributed by atoms with E-state index in [4.69, 9.17) is 0 Å². The van der Waals surface area contributed by atoms with Crippen molar-refractivity contribution >= 4 is 44.7 Å². The van der Waals surface area contributed by atoms with Gasteiger partial charge in [-0.25, -0.2) is 4.98 Å². The zero-order chi connectivity index (χ0) is 20.7. The van der Waals surface area contributed by atoms with Gasteiger partial charge in [-0.1, -0.05) is 0 Å². The monoisotopic (exact) mass is 434 g/mol. The van der Waals surface area contributed by atoms with Crippen LogP contribution in [0, 0.1) is 0 Å². The predicted molar refractivity (Wildman–Crippen MR) is 114 cm³/mol. The summed E-state index contributed by atoms with van der Waals surface area (Å²) < 4.78 is 42.3. The maximum atomic E-state index is 13.8. The molecule has 0 atom stereocenters. The summed E-state index contributed by atoms with van der Waals surface area (Å²) in [6, 6.07) is 6.63. The number of hydrogen-bond donors (Lipinski definition) is 3. The first-order valence-corrected chi connectivity index (χ1v) is 10.8. The molecule has 3 N–H and O–H groups in total. The average Bonchev–Trinajstić information content (AvgIpc) is 3.41. The van der Waals surface area contributed by atoms with Crippen LogP contribution in [0.2, 0.25) is 0 Å². The standard InChI is InChI=1S/C20H21F3N6S/c21-20(22,23)14-11-13(3-4-16(14)29-8-6-24-7-9-29)26-19-27-15-5-10-30-17(15)18(28-19)25-12-1-2-12/h3-5,10-12,24H,1-2,6-9H2,(H2,25,26,27,28). The summed E-state index contributed by atoms with van der Waals surface area (Å²) in [5, 5.41) is 11.5. The molecule has 5 rings (SSSR count). The van der Waals surface area contributed by atoms with Gasteiger partial charge in [-0.2, -0.15) is 18.2 Å². The Morgan fingerprint density at radius 1 is 1.10 bits per heavy atom. The van der Waals surface area contributed by atoms with Crippen molar-refractivity contribution < 1.29 is 13.2 Å². The van der Waals surface area contributed by atoms with E-state index in [0.717, 1.165) is 34.9 Å². The van der Waals surface area contributed by atoms with Crippen molar-refractivity contribution in [1.82, 2.24) is 15.3 Å². The van der Waals surface area contributed by atoms with Gasteiger partial charge < -0.3 is 20.9 Å². The Balaban J connectivity index is 1.47. The second-order valence-electron chi connectivity index (χ2n) is 7.54. The van der Waals surface area contributed by atoms with E-state index in [2.05, 4.69) is 25.9 Å². The molecule has 2 aromatic heterocycles. The lowest BCUT2D eigenvalue weighted by atomic mass is 10.1. The Morgan fingerprint density at radius 3 is 2.63 bits per heavy atom. The summed E-state index contributed by atoms with van der Waals surface area (Å²) in [5.41, 5.74) is 0.643. The number of fused-ring (bicyclic) bond motifs is 1. The first kappa shape index (κ1) is 19.4. The summed E-state index contributed by atoms with van der Waals surface area (Å²) in [7, 11) is 0. The number of aromatic nitrogens is 2. The number of rotatable bonds is 5. The topological polar surface area (TPSA) is 65.1 Å². The molecule has 0 bridgehead atoms. The first-order chi connectivity index (χ1) is 14.5. The van der Waals surface area contributed by atoms with Crippen molar-refractivity contribution in [1.29, 1.82) is 0 Å². The summed E-state index contributed by atoms with van der Waals surface area (Å²) in [4.78, 5) is 10.8. The largest absolute Gasteiger partial charge is 0.418 e. The second-order valence-corrected chi connectivity index (χ2v) is 8.46. The molecule has 0 spiro atoms. The molecule has 1 aliphatic carbocycles. The molecule has 3 heterocycles. The summed E-state index contributed by atoms with van der Waals surface area (Å²) in [5.74, 6) is 1.01. The van der Waals surface area contributed by atoms with Crippen LogP contribution >= 0.6 is 11.3 Å². The van der Waals surface area contributed by atoms with Crippen LogP contribution in [0.25, 0.3) is 10.2 Å². The molecule has 158 valence electrons. The fraction of sp³-hybridized carbons (Fsp3) is 0.400. The van der Waals surface area contributed by atoms with Crippen molar-refractivity contribution in [3.8, 4) is 0 Å². The highest BCUT2D eigenvalue weighted by Gasteiger charge is 2.35. The van der Waals surface area contributed by atoms with Crippen LogP contribution in [0.1, 0.15) is 18.4 Å². The van der Waals surface area contributed by atoms with Gasteiger partial charge in [0.05, 0.1) is 15.8 Å². The van der Waals surface area contributed by atoms with E-state index in [0.29, 0.717) is 37.9 Å². The maximum absolute atomic E-state index is 13.8. The average molecular weight is 434 g/mol. The van der Waals surface area contributed by atoms with Gasteiger partial charge in [0.25, 0.3) is 0 Å². The molecule has 0 unspecified atom stereocenters. The van der Waals surface area contributed by atoms with Crippen molar-refractivity contribution in [3.05, 3.63) is 35.2 Å². The van der Waals surface area contributed by atoms with Gasteiger partial charge in [0.2, 0.25) is 5.95 Å². The Labute approximate surface area is 175 Å². The van der Waals surface area contributed by atoms with E-state index in [-0.39, 0.29) is 11.6 Å². The van der Waals surface area contributed by atoms with E-state index >= 15 is 0 Å². The van der Waals surface area contributed by atoms with Crippen LogP contribution in [0.3, 0.4) is 0 Å². The van der Waals surface area contributed by atoms with Crippen molar-refractivity contribution in [2.24, 2.45) is 0 Å². The van der Waals surface area contributed by atoms with E-state index in [1.54, 1.807) is 22.3 Å². The van der Waals surface area contributed by atoms with Crippen LogP contribution < -0.4 is 20.9 Å². The molecule has 2 aliphatic rings. The summed E-state index contributed by atoms with van der Waals surface area (Å²) in [6.45, 7) is 2.43. The van der Waals surface area contributed by atoms with Crippen molar-refractivity contribution in [3.63, 3.8) is 0 Å². The number of nitrogens with one attached hydrogen (secondary N) is 3. The van der Waals surface area contributed by atoms with Crippen molar-refractivity contribution in [2.75, 3.05) is 41.7 Å². The SMILES string of the molecule is FC(F)(F)c1cc(Nc2nc(NC3CC3)c3sccc3n2)ccc1N1CCNCC1. The quantitative estimate of drug-likeness (QED) is 0.552. The Bertz CT molecular complexity index is 1060. The molecule has 1 aromatic carbocycles. The Kier molecular flexibility index (Phi) is 4.90. The van der Waals surface area contributed by atoms with Gasteiger partial charge >= 0.3 is 6.18 Å². The minimum atomic E-state index is -4.45. The highest BCUT2D eigenvalue weighted by Crippen LogP contribution is 2.39. The van der Waals surface area contributed by atoms with E-state index in [1.807, 2.05) is 11.4 Å². The lowest BCUT2D eigenvalue weighted by molar-refractivity contribution is -0.137. The van der Waals surface area contributed by atoms with Gasteiger partial charge in [-0.3, -0.25) is 0 Å². The van der Waals surface area contributed by atoms with E-state index in [1.165, 1.54) is 6.07 Å². The highest BCUT2D eigenvalue weighted by atomic mass is 32.1. The second kappa shape index (κ2) is 7.59. The number of benzene rings is 1. The number of thiophene rings is 1. The van der Waals surface area contributed by atoms with Crippen LogP contribution in [-0.4, -0.2) is 42.2 Å². The normalized spacial score (nSPS) is 17.4. The third-order valence-electron chi connectivity index (χ3n) is 5.24. The molecule has 2 fully saturated rings. The van der Waals surface area contributed by atoms with Crippen molar-refractivity contribution in [2.45, 2.75) is 25.1 Å². The smallest absolute Gasteiger partial charge is 0.368 e. The molecule has 0 amide bonds. The fourth-order valence-corrected chi connectivity index (χ4v) is 4.37. The molecular weight excluding hydrogens is 413 g/mol. The number of alkyl halides is 3. The first-order valence-electron chi connectivity index (χ1n) is 9.93. The van der Waals surface area contributed by atoms with E-state index in [9.17, 15) is 13.2 Å². The number of piperazine rings is 1. The molecular formula is C20H21F3N6S. The van der Waals surface area contributed by atoms with Gasteiger partial charge in [-0.15, -0.1) is 11.3 Å². The van der Waals surface area contributed by atoms with Gasteiger partial charge in [0, 0.05) is 43.6 Å². The minimum Gasteiger partial charge on any atom is -0.368 e.